The van der Waals surface area contributed by atoms with E-state index in [2.05, 4.69) is 32.3 Å². The van der Waals surface area contributed by atoms with Gasteiger partial charge in [0, 0.05) is 49.4 Å². The molecule has 1 saturated heterocycles. The zero-order valence-electron chi connectivity index (χ0n) is 16.3. The quantitative estimate of drug-likeness (QED) is 0.734. The monoisotopic (exact) mass is 377 g/mol. The number of rotatable bonds is 5. The molecule has 0 spiro atoms. The van der Waals surface area contributed by atoms with Crippen LogP contribution < -0.4 is 10.2 Å². The largest absolute Gasteiger partial charge is 0.358 e. The van der Waals surface area contributed by atoms with Gasteiger partial charge in [-0.15, -0.1) is 0 Å². The average Bonchev–Trinajstić information content (AvgIpc) is 3.23. The van der Waals surface area contributed by atoms with Crippen LogP contribution in [-0.2, 0) is 18.3 Å². The molecule has 0 bridgehead atoms. The second-order valence-corrected chi connectivity index (χ2v) is 6.90. The number of anilines is 2. The molecule has 8 heteroatoms. The molecule has 1 N–H and O–H groups in total. The van der Waals surface area contributed by atoms with Crippen LogP contribution in [0.15, 0.2) is 36.7 Å². The molecule has 0 saturated carbocycles. The van der Waals surface area contributed by atoms with E-state index in [9.17, 15) is 4.79 Å². The third-order valence-electron chi connectivity index (χ3n) is 4.86. The smallest absolute Gasteiger partial charge is 0.250 e. The number of hydrogen-bond donors (Lipinski definition) is 1. The topological polar surface area (TPSA) is 88.8 Å². The number of aromatic nitrogens is 5. The Morgan fingerprint density at radius 3 is 2.68 bits per heavy atom. The van der Waals surface area contributed by atoms with Gasteiger partial charge in [0.2, 0.25) is 0 Å². The first kappa shape index (κ1) is 18.1. The SMILES string of the molecule is CCc1cc(NC2CCN(c3cc(C)nn3C)C2=O)nc(-c2ccncc2)n1. The van der Waals surface area contributed by atoms with Crippen molar-refractivity contribution < 1.29 is 4.79 Å². The van der Waals surface area contributed by atoms with Gasteiger partial charge in [-0.1, -0.05) is 6.92 Å². The average molecular weight is 377 g/mol. The Labute approximate surface area is 163 Å². The number of hydrogen-bond acceptors (Lipinski definition) is 6. The fourth-order valence-electron chi connectivity index (χ4n) is 3.45. The summed E-state index contributed by atoms with van der Waals surface area (Å²) in [5.74, 6) is 2.15. The van der Waals surface area contributed by atoms with Crippen LogP contribution in [0.5, 0.6) is 0 Å². The highest BCUT2D eigenvalue weighted by atomic mass is 16.2. The number of nitrogens with one attached hydrogen (secondary N) is 1. The zero-order chi connectivity index (χ0) is 19.7. The lowest BCUT2D eigenvalue weighted by Gasteiger charge is -2.17. The molecule has 1 aliphatic rings. The van der Waals surface area contributed by atoms with E-state index < -0.39 is 0 Å². The minimum Gasteiger partial charge on any atom is -0.358 e. The van der Waals surface area contributed by atoms with Crippen LogP contribution in [-0.4, -0.2) is 43.2 Å². The molecule has 28 heavy (non-hydrogen) atoms. The molecule has 1 fully saturated rings. The third kappa shape index (κ3) is 3.45. The van der Waals surface area contributed by atoms with Crippen LogP contribution in [0.3, 0.4) is 0 Å². The highest BCUT2D eigenvalue weighted by Gasteiger charge is 2.34. The molecule has 1 aliphatic heterocycles. The Morgan fingerprint density at radius 1 is 1.21 bits per heavy atom. The van der Waals surface area contributed by atoms with E-state index in [1.165, 1.54) is 0 Å². The van der Waals surface area contributed by atoms with Gasteiger partial charge in [0.1, 0.15) is 17.7 Å². The first-order valence-corrected chi connectivity index (χ1v) is 9.42. The maximum absolute atomic E-state index is 13.0. The Bertz CT molecular complexity index is 999. The molecule has 0 aliphatic carbocycles. The van der Waals surface area contributed by atoms with E-state index in [4.69, 9.17) is 0 Å². The van der Waals surface area contributed by atoms with Crippen LogP contribution in [0.4, 0.5) is 11.6 Å². The molecule has 144 valence electrons. The minimum absolute atomic E-state index is 0.0325. The van der Waals surface area contributed by atoms with Gasteiger partial charge in [-0.05, 0) is 31.9 Å². The Balaban J connectivity index is 1.57. The third-order valence-corrected chi connectivity index (χ3v) is 4.86. The summed E-state index contributed by atoms with van der Waals surface area (Å²) in [6.45, 7) is 4.63. The Kier molecular flexibility index (Phi) is 4.77. The summed E-state index contributed by atoms with van der Waals surface area (Å²) in [6, 6.07) is 7.29. The van der Waals surface area contributed by atoms with E-state index in [0.29, 0.717) is 24.6 Å². The summed E-state index contributed by atoms with van der Waals surface area (Å²) in [4.78, 5) is 28.0. The first-order valence-electron chi connectivity index (χ1n) is 9.42. The van der Waals surface area contributed by atoms with Crippen molar-refractivity contribution in [2.75, 3.05) is 16.8 Å². The first-order chi connectivity index (χ1) is 13.5. The van der Waals surface area contributed by atoms with E-state index in [0.717, 1.165) is 29.2 Å². The van der Waals surface area contributed by atoms with Crippen molar-refractivity contribution in [3.8, 4) is 11.4 Å². The summed E-state index contributed by atoms with van der Waals surface area (Å²) in [5.41, 5.74) is 2.72. The fourth-order valence-corrected chi connectivity index (χ4v) is 3.45. The molecule has 0 aromatic carbocycles. The molecule has 1 unspecified atom stereocenters. The van der Waals surface area contributed by atoms with E-state index in [1.54, 1.807) is 22.0 Å². The van der Waals surface area contributed by atoms with Gasteiger partial charge in [-0.2, -0.15) is 5.10 Å². The number of amides is 1. The molecule has 0 radical (unpaired) electrons. The van der Waals surface area contributed by atoms with Gasteiger partial charge in [0.15, 0.2) is 5.82 Å². The molecular weight excluding hydrogens is 354 g/mol. The van der Waals surface area contributed by atoms with Crippen LogP contribution in [0, 0.1) is 6.92 Å². The molecule has 1 atom stereocenters. The number of aryl methyl sites for hydroxylation is 3. The number of carbonyl (C=O) groups excluding carboxylic acids is 1. The van der Waals surface area contributed by atoms with Crippen LogP contribution >= 0.6 is 0 Å². The maximum atomic E-state index is 13.0. The van der Waals surface area contributed by atoms with Gasteiger partial charge in [-0.25, -0.2) is 9.97 Å². The number of carbonyl (C=O) groups is 1. The molecule has 8 nitrogen and oxygen atoms in total. The fraction of sp³-hybridized carbons (Fsp3) is 0.350. The lowest BCUT2D eigenvalue weighted by Crippen LogP contribution is -2.34. The van der Waals surface area contributed by atoms with Gasteiger partial charge in [0.25, 0.3) is 5.91 Å². The predicted octanol–water partition coefficient (Wildman–Crippen LogP) is 2.36. The molecular formula is C20H23N7O. The molecule has 4 heterocycles. The summed E-state index contributed by atoms with van der Waals surface area (Å²) in [6.07, 6.45) is 4.94. The van der Waals surface area contributed by atoms with Crippen LogP contribution in [0.2, 0.25) is 0 Å². The van der Waals surface area contributed by atoms with Crippen molar-refractivity contribution in [2.45, 2.75) is 32.7 Å². The molecule has 3 aromatic heterocycles. The van der Waals surface area contributed by atoms with Crippen LogP contribution in [0.1, 0.15) is 24.7 Å². The van der Waals surface area contributed by atoms with Crippen molar-refractivity contribution in [3.05, 3.63) is 48.0 Å². The van der Waals surface area contributed by atoms with Crippen molar-refractivity contribution in [1.29, 1.82) is 0 Å². The summed E-state index contributed by atoms with van der Waals surface area (Å²) < 4.78 is 1.75. The molecule has 3 aromatic rings. The lowest BCUT2D eigenvalue weighted by molar-refractivity contribution is -0.117. The van der Waals surface area contributed by atoms with Crippen molar-refractivity contribution >= 4 is 17.5 Å². The highest BCUT2D eigenvalue weighted by Crippen LogP contribution is 2.25. The molecule has 1 amide bonds. The van der Waals surface area contributed by atoms with Crippen LogP contribution in [0.25, 0.3) is 11.4 Å². The van der Waals surface area contributed by atoms with Gasteiger partial charge in [-0.3, -0.25) is 19.4 Å². The normalized spacial score (nSPS) is 16.6. The van der Waals surface area contributed by atoms with E-state index >= 15 is 0 Å². The summed E-state index contributed by atoms with van der Waals surface area (Å²) in [7, 11) is 1.86. The Morgan fingerprint density at radius 2 is 2.00 bits per heavy atom. The van der Waals surface area contributed by atoms with Crippen molar-refractivity contribution in [2.24, 2.45) is 7.05 Å². The highest BCUT2D eigenvalue weighted by molar-refractivity contribution is 6.00. The second-order valence-electron chi connectivity index (χ2n) is 6.90. The lowest BCUT2D eigenvalue weighted by atomic mass is 10.2. The van der Waals surface area contributed by atoms with Crippen molar-refractivity contribution in [1.82, 2.24) is 24.7 Å². The summed E-state index contributed by atoms with van der Waals surface area (Å²) >= 11 is 0. The number of pyridine rings is 1. The van der Waals surface area contributed by atoms with E-state index in [-0.39, 0.29) is 11.9 Å². The Hall–Kier alpha value is -3.29. The van der Waals surface area contributed by atoms with Gasteiger partial charge >= 0.3 is 0 Å². The predicted molar refractivity (Wildman–Crippen MR) is 107 cm³/mol. The van der Waals surface area contributed by atoms with Crippen molar-refractivity contribution in [3.63, 3.8) is 0 Å². The second kappa shape index (κ2) is 7.38. The maximum Gasteiger partial charge on any atom is 0.250 e. The zero-order valence-corrected chi connectivity index (χ0v) is 16.3. The minimum atomic E-state index is -0.319. The standard InChI is InChI=1S/C20H23N7O/c1-4-15-12-17(24-19(22-15)14-5-8-21-9-6-14)23-16-7-10-27(20(16)28)18-11-13(2)25-26(18)3/h5-6,8-9,11-12,16H,4,7,10H2,1-3H3,(H,22,23,24). The van der Waals surface area contributed by atoms with Gasteiger partial charge in [0.05, 0.1) is 5.69 Å². The summed E-state index contributed by atoms with van der Waals surface area (Å²) in [5, 5.41) is 7.66. The number of nitrogens with zero attached hydrogens (tertiary/aromatic N) is 6. The van der Waals surface area contributed by atoms with Gasteiger partial charge < -0.3 is 5.32 Å². The van der Waals surface area contributed by atoms with E-state index in [1.807, 2.05) is 38.2 Å². The molecule has 4 rings (SSSR count).